The van der Waals surface area contributed by atoms with Crippen LogP contribution in [0, 0.1) is 0 Å². The summed E-state index contributed by atoms with van der Waals surface area (Å²) in [6, 6.07) is 13.9. The van der Waals surface area contributed by atoms with Crippen molar-refractivity contribution < 1.29 is 4.79 Å². The first-order valence-electron chi connectivity index (χ1n) is 7.03. The molecule has 0 bridgehead atoms. The summed E-state index contributed by atoms with van der Waals surface area (Å²) in [4.78, 5) is 18.7. The molecule has 0 atom stereocenters. The van der Waals surface area contributed by atoms with Crippen molar-refractivity contribution in [2.75, 3.05) is 0 Å². The summed E-state index contributed by atoms with van der Waals surface area (Å²) in [5.41, 5.74) is 4.90. The van der Waals surface area contributed by atoms with Gasteiger partial charge >= 0.3 is 0 Å². The number of fused-ring (bicyclic) bond motifs is 1. The maximum Gasteiger partial charge on any atom is 0.150 e. The van der Waals surface area contributed by atoms with Crippen molar-refractivity contribution in [1.29, 1.82) is 0 Å². The van der Waals surface area contributed by atoms with E-state index >= 15 is 0 Å². The molecule has 1 heterocycles. The maximum atomic E-state index is 10.8. The predicted molar refractivity (Wildman–Crippen MR) is 85.6 cm³/mol. The van der Waals surface area contributed by atoms with Crippen LogP contribution in [0.2, 0.25) is 0 Å². The molecule has 0 aliphatic carbocycles. The van der Waals surface area contributed by atoms with Crippen LogP contribution in [-0.4, -0.2) is 16.3 Å². The van der Waals surface area contributed by atoms with E-state index in [0.717, 1.165) is 28.7 Å². The lowest BCUT2D eigenvalue weighted by Gasteiger charge is -2.18. The van der Waals surface area contributed by atoms with Gasteiger partial charge in [0.15, 0.2) is 0 Å². The number of benzene rings is 2. The minimum Gasteiger partial charge on any atom is -0.338 e. The van der Waals surface area contributed by atoms with E-state index in [9.17, 15) is 4.79 Å². The molecule has 0 aliphatic rings. The predicted octanol–water partition coefficient (Wildman–Crippen LogP) is 4.34. The van der Waals surface area contributed by atoms with Crippen LogP contribution in [0.15, 0.2) is 42.5 Å². The summed E-state index contributed by atoms with van der Waals surface area (Å²) >= 11 is 0. The monoisotopic (exact) mass is 278 g/mol. The van der Waals surface area contributed by atoms with Crippen molar-refractivity contribution in [3.63, 3.8) is 0 Å². The third-order valence-electron chi connectivity index (χ3n) is 3.67. The fourth-order valence-electron chi connectivity index (χ4n) is 2.37. The van der Waals surface area contributed by atoms with Gasteiger partial charge in [-0.1, -0.05) is 45.0 Å². The Morgan fingerprint density at radius 2 is 1.76 bits per heavy atom. The van der Waals surface area contributed by atoms with E-state index in [-0.39, 0.29) is 5.41 Å². The average Bonchev–Trinajstić information content (AvgIpc) is 2.89. The van der Waals surface area contributed by atoms with E-state index in [4.69, 9.17) is 0 Å². The third-order valence-corrected chi connectivity index (χ3v) is 3.67. The zero-order chi connectivity index (χ0) is 15.0. The van der Waals surface area contributed by atoms with Crippen LogP contribution < -0.4 is 0 Å². The molecule has 0 amide bonds. The van der Waals surface area contributed by atoms with Gasteiger partial charge in [0.2, 0.25) is 0 Å². The zero-order valence-electron chi connectivity index (χ0n) is 12.5. The van der Waals surface area contributed by atoms with E-state index in [2.05, 4.69) is 55.0 Å². The molecule has 0 aliphatic heterocycles. The molecule has 3 rings (SSSR count). The molecule has 3 nitrogen and oxygen atoms in total. The van der Waals surface area contributed by atoms with Gasteiger partial charge in [-0.25, -0.2) is 4.98 Å². The molecule has 0 saturated carbocycles. The quantitative estimate of drug-likeness (QED) is 0.709. The van der Waals surface area contributed by atoms with Gasteiger partial charge < -0.3 is 4.98 Å². The van der Waals surface area contributed by atoms with Crippen LogP contribution in [0.1, 0.15) is 36.7 Å². The number of nitrogens with one attached hydrogen (secondary N) is 1. The van der Waals surface area contributed by atoms with Crippen LogP contribution in [-0.2, 0) is 5.41 Å². The molecule has 0 unspecified atom stereocenters. The van der Waals surface area contributed by atoms with Gasteiger partial charge in [-0.3, -0.25) is 4.79 Å². The molecule has 3 aromatic rings. The van der Waals surface area contributed by atoms with Gasteiger partial charge in [0.1, 0.15) is 12.1 Å². The van der Waals surface area contributed by atoms with Crippen molar-refractivity contribution in [2.24, 2.45) is 0 Å². The standard InChI is InChI=1S/C18H18N2O/c1-18(2,3)14-7-5-13(6-8-14)17-19-15-9-4-12(11-21)10-16(15)20-17/h4-11H,1-3H3,(H,19,20). The number of hydrogen-bond acceptors (Lipinski definition) is 2. The lowest BCUT2D eigenvalue weighted by atomic mass is 9.87. The zero-order valence-corrected chi connectivity index (χ0v) is 12.5. The summed E-state index contributed by atoms with van der Waals surface area (Å²) in [5.74, 6) is 0.827. The first-order chi connectivity index (χ1) is 9.97. The second kappa shape index (κ2) is 4.85. The number of carbonyl (C=O) groups is 1. The average molecular weight is 278 g/mol. The van der Waals surface area contributed by atoms with Crippen LogP contribution in [0.25, 0.3) is 22.4 Å². The molecule has 106 valence electrons. The lowest BCUT2D eigenvalue weighted by molar-refractivity contribution is 0.112. The highest BCUT2D eigenvalue weighted by atomic mass is 16.1. The Bertz CT molecular complexity index is 792. The highest BCUT2D eigenvalue weighted by Crippen LogP contribution is 2.26. The Kier molecular flexibility index (Phi) is 3.13. The van der Waals surface area contributed by atoms with Gasteiger partial charge in [0, 0.05) is 11.1 Å². The molecule has 1 N–H and O–H groups in total. The second-order valence-corrected chi connectivity index (χ2v) is 6.31. The molecule has 2 aromatic carbocycles. The smallest absolute Gasteiger partial charge is 0.150 e. The van der Waals surface area contributed by atoms with Crippen molar-refractivity contribution in [1.82, 2.24) is 9.97 Å². The minimum atomic E-state index is 0.144. The van der Waals surface area contributed by atoms with Crippen molar-refractivity contribution in [3.05, 3.63) is 53.6 Å². The number of aldehydes is 1. The fraction of sp³-hybridized carbons (Fsp3) is 0.222. The number of imidazole rings is 1. The largest absolute Gasteiger partial charge is 0.338 e. The Balaban J connectivity index is 2.02. The Morgan fingerprint density at radius 1 is 1.05 bits per heavy atom. The Morgan fingerprint density at radius 3 is 2.38 bits per heavy atom. The Labute approximate surface area is 124 Å². The molecular weight excluding hydrogens is 260 g/mol. The van der Waals surface area contributed by atoms with Crippen molar-refractivity contribution >= 4 is 17.3 Å². The molecule has 0 saturated heterocycles. The molecule has 3 heteroatoms. The Hall–Kier alpha value is -2.42. The van der Waals surface area contributed by atoms with E-state index in [1.54, 1.807) is 6.07 Å². The number of aromatic nitrogens is 2. The third kappa shape index (κ3) is 2.59. The summed E-state index contributed by atoms with van der Waals surface area (Å²) in [6.07, 6.45) is 0.845. The molecule has 0 spiro atoms. The highest BCUT2D eigenvalue weighted by molar-refractivity contribution is 5.86. The molecule has 0 radical (unpaired) electrons. The normalized spacial score (nSPS) is 11.8. The van der Waals surface area contributed by atoms with Crippen LogP contribution >= 0.6 is 0 Å². The molecular formula is C18H18N2O. The van der Waals surface area contributed by atoms with E-state index in [1.807, 2.05) is 12.1 Å². The molecule has 21 heavy (non-hydrogen) atoms. The number of H-pyrrole nitrogens is 1. The van der Waals surface area contributed by atoms with Crippen LogP contribution in [0.4, 0.5) is 0 Å². The summed E-state index contributed by atoms with van der Waals surface area (Å²) in [6.45, 7) is 6.60. The summed E-state index contributed by atoms with van der Waals surface area (Å²) in [5, 5.41) is 0. The van der Waals surface area contributed by atoms with Gasteiger partial charge in [-0.2, -0.15) is 0 Å². The summed E-state index contributed by atoms with van der Waals surface area (Å²) in [7, 11) is 0. The number of rotatable bonds is 2. The maximum absolute atomic E-state index is 10.8. The van der Waals surface area contributed by atoms with E-state index in [0.29, 0.717) is 5.56 Å². The highest BCUT2D eigenvalue weighted by Gasteiger charge is 2.13. The summed E-state index contributed by atoms with van der Waals surface area (Å²) < 4.78 is 0. The van der Waals surface area contributed by atoms with Gasteiger partial charge in [0.05, 0.1) is 11.0 Å². The van der Waals surface area contributed by atoms with E-state index in [1.165, 1.54) is 5.56 Å². The second-order valence-electron chi connectivity index (χ2n) is 6.31. The van der Waals surface area contributed by atoms with E-state index < -0.39 is 0 Å². The van der Waals surface area contributed by atoms with Gasteiger partial charge in [-0.15, -0.1) is 0 Å². The minimum absolute atomic E-state index is 0.144. The first kappa shape index (κ1) is 13.6. The van der Waals surface area contributed by atoms with Gasteiger partial charge in [-0.05, 0) is 29.2 Å². The van der Waals surface area contributed by atoms with Crippen LogP contribution in [0.5, 0.6) is 0 Å². The topological polar surface area (TPSA) is 45.8 Å². The fourth-order valence-corrected chi connectivity index (χ4v) is 2.37. The van der Waals surface area contributed by atoms with Crippen molar-refractivity contribution in [2.45, 2.75) is 26.2 Å². The van der Waals surface area contributed by atoms with Gasteiger partial charge in [0.25, 0.3) is 0 Å². The van der Waals surface area contributed by atoms with Crippen molar-refractivity contribution in [3.8, 4) is 11.4 Å². The number of aromatic amines is 1. The number of nitrogens with zero attached hydrogens (tertiary/aromatic N) is 1. The lowest BCUT2D eigenvalue weighted by Crippen LogP contribution is -2.10. The molecule has 0 fully saturated rings. The number of hydrogen-bond donors (Lipinski definition) is 1. The SMILES string of the molecule is CC(C)(C)c1ccc(-c2nc3ccc(C=O)cc3[nH]2)cc1. The number of carbonyl (C=O) groups excluding carboxylic acids is 1. The molecule has 1 aromatic heterocycles. The van der Waals surface area contributed by atoms with Crippen LogP contribution in [0.3, 0.4) is 0 Å². The first-order valence-corrected chi connectivity index (χ1v) is 7.03.